The van der Waals surface area contributed by atoms with Gasteiger partial charge in [-0.25, -0.2) is 0 Å². The Morgan fingerprint density at radius 1 is 1.00 bits per heavy atom. The molecule has 0 N–H and O–H groups in total. The van der Waals surface area contributed by atoms with Gasteiger partial charge in [-0.2, -0.15) is 0 Å². The number of amides is 2. The normalized spacial score (nSPS) is 20.1. The Bertz CT molecular complexity index is 1000. The SMILES string of the molecule is O=C(Cn1ccccc1=O)N1CCCOc2cccc(c2)CCC2CCCCN2C(=O)C1. The van der Waals surface area contributed by atoms with Crippen molar-refractivity contribution >= 4 is 11.8 Å². The second kappa shape index (κ2) is 10.5. The number of carbonyl (C=O) groups is 2. The molecule has 1 saturated heterocycles. The second-order valence-electron chi connectivity index (χ2n) is 8.61. The van der Waals surface area contributed by atoms with Crippen LogP contribution in [0.3, 0.4) is 0 Å². The minimum absolute atomic E-state index is 0.00446. The first kappa shape index (κ1) is 22.1. The molecule has 1 aromatic heterocycles. The van der Waals surface area contributed by atoms with E-state index in [1.165, 1.54) is 16.2 Å². The van der Waals surface area contributed by atoms with Crippen molar-refractivity contribution in [3.63, 3.8) is 0 Å². The van der Waals surface area contributed by atoms with Crippen molar-refractivity contribution in [2.75, 3.05) is 26.2 Å². The van der Waals surface area contributed by atoms with Gasteiger partial charge in [0.2, 0.25) is 11.8 Å². The number of hydrogen-bond acceptors (Lipinski definition) is 4. The molecule has 1 fully saturated rings. The summed E-state index contributed by atoms with van der Waals surface area (Å²) in [6.45, 7) is 1.58. The Morgan fingerprint density at radius 2 is 1.91 bits per heavy atom. The maximum Gasteiger partial charge on any atom is 0.250 e. The minimum atomic E-state index is -0.228. The zero-order valence-electron chi connectivity index (χ0n) is 18.4. The van der Waals surface area contributed by atoms with Gasteiger partial charge in [-0.1, -0.05) is 18.2 Å². The number of nitrogens with zero attached hydrogens (tertiary/aromatic N) is 3. The zero-order valence-corrected chi connectivity index (χ0v) is 18.4. The van der Waals surface area contributed by atoms with Crippen LogP contribution in [-0.4, -0.2) is 58.5 Å². The monoisotopic (exact) mass is 437 g/mol. The number of fused-ring (bicyclic) bond motifs is 3. The van der Waals surface area contributed by atoms with Crippen molar-refractivity contribution in [1.29, 1.82) is 0 Å². The summed E-state index contributed by atoms with van der Waals surface area (Å²) in [6.07, 6.45) is 7.12. The standard InChI is InChI=1S/C25H31N3O4/c29-23-10-2-3-13-26(23)18-24(30)27-14-6-16-32-22-9-5-7-20(17-22)11-12-21-8-1-4-15-28(21)25(31)19-27/h2-3,5,7,9-10,13,17,21H,1,4,6,8,11-12,14-16,18-19H2. The summed E-state index contributed by atoms with van der Waals surface area (Å²) < 4.78 is 7.28. The Kier molecular flexibility index (Phi) is 7.24. The predicted octanol–water partition coefficient (Wildman–Crippen LogP) is 2.47. The molecule has 4 rings (SSSR count). The molecule has 32 heavy (non-hydrogen) atoms. The second-order valence-corrected chi connectivity index (χ2v) is 8.61. The van der Waals surface area contributed by atoms with Crippen molar-refractivity contribution in [1.82, 2.24) is 14.4 Å². The summed E-state index contributed by atoms with van der Waals surface area (Å²) in [5, 5.41) is 0. The van der Waals surface area contributed by atoms with Crippen molar-refractivity contribution in [2.45, 2.75) is 51.1 Å². The lowest BCUT2D eigenvalue weighted by Crippen LogP contribution is -2.50. The number of rotatable bonds is 2. The highest BCUT2D eigenvalue weighted by Crippen LogP contribution is 2.23. The average Bonchev–Trinajstić information content (AvgIpc) is 2.81. The number of piperidine rings is 1. The van der Waals surface area contributed by atoms with E-state index in [-0.39, 0.29) is 36.5 Å². The van der Waals surface area contributed by atoms with Crippen LogP contribution in [0.5, 0.6) is 5.75 Å². The number of carbonyl (C=O) groups excluding carboxylic acids is 2. The van der Waals surface area contributed by atoms with E-state index >= 15 is 0 Å². The van der Waals surface area contributed by atoms with Crippen LogP contribution in [0.25, 0.3) is 0 Å². The minimum Gasteiger partial charge on any atom is -0.494 e. The Balaban J connectivity index is 1.53. The van der Waals surface area contributed by atoms with Gasteiger partial charge in [0.05, 0.1) is 13.2 Å². The third-order valence-corrected chi connectivity index (χ3v) is 6.34. The van der Waals surface area contributed by atoms with Gasteiger partial charge in [0.25, 0.3) is 5.56 Å². The van der Waals surface area contributed by atoms with Crippen LogP contribution >= 0.6 is 0 Å². The van der Waals surface area contributed by atoms with E-state index < -0.39 is 0 Å². The topological polar surface area (TPSA) is 71.9 Å². The van der Waals surface area contributed by atoms with Gasteiger partial charge in [-0.05, 0) is 62.3 Å². The molecule has 2 amide bonds. The molecule has 2 aliphatic heterocycles. The molecule has 1 unspecified atom stereocenters. The fourth-order valence-corrected chi connectivity index (χ4v) is 4.58. The van der Waals surface area contributed by atoms with Crippen molar-refractivity contribution < 1.29 is 14.3 Å². The maximum atomic E-state index is 13.3. The number of hydrogen-bond donors (Lipinski definition) is 0. The molecule has 1 atom stereocenters. The third-order valence-electron chi connectivity index (χ3n) is 6.34. The Hall–Kier alpha value is -3.09. The first-order chi connectivity index (χ1) is 15.6. The fraction of sp³-hybridized carbons (Fsp3) is 0.480. The van der Waals surface area contributed by atoms with Crippen LogP contribution in [0.1, 0.15) is 37.7 Å². The first-order valence-electron chi connectivity index (χ1n) is 11.5. The molecule has 2 aliphatic rings. The van der Waals surface area contributed by atoms with E-state index in [0.29, 0.717) is 19.6 Å². The van der Waals surface area contributed by atoms with Crippen LogP contribution in [0.2, 0.25) is 0 Å². The van der Waals surface area contributed by atoms with E-state index in [2.05, 4.69) is 12.1 Å². The van der Waals surface area contributed by atoms with E-state index in [0.717, 1.165) is 44.4 Å². The van der Waals surface area contributed by atoms with E-state index in [1.54, 1.807) is 23.2 Å². The summed E-state index contributed by atoms with van der Waals surface area (Å²) in [6, 6.07) is 13.1. The summed E-state index contributed by atoms with van der Waals surface area (Å²) in [4.78, 5) is 41.9. The molecule has 1 aromatic carbocycles. The summed E-state index contributed by atoms with van der Waals surface area (Å²) in [5.74, 6) is 0.606. The lowest BCUT2D eigenvalue weighted by Gasteiger charge is -2.37. The van der Waals surface area contributed by atoms with E-state index in [4.69, 9.17) is 4.74 Å². The number of pyridine rings is 1. The van der Waals surface area contributed by atoms with Gasteiger partial charge in [-0.3, -0.25) is 14.4 Å². The van der Waals surface area contributed by atoms with Gasteiger partial charge in [0.1, 0.15) is 12.3 Å². The van der Waals surface area contributed by atoms with Gasteiger partial charge >= 0.3 is 0 Å². The molecule has 2 aromatic rings. The third kappa shape index (κ3) is 5.58. The molecule has 7 heteroatoms. The molecule has 170 valence electrons. The molecule has 0 spiro atoms. The molecular formula is C25H31N3O4. The smallest absolute Gasteiger partial charge is 0.250 e. The highest BCUT2D eigenvalue weighted by atomic mass is 16.5. The van der Waals surface area contributed by atoms with Gasteiger partial charge in [-0.15, -0.1) is 0 Å². The van der Waals surface area contributed by atoms with Crippen LogP contribution in [0.15, 0.2) is 53.5 Å². The van der Waals surface area contributed by atoms with E-state index in [9.17, 15) is 14.4 Å². The number of benzene rings is 1. The van der Waals surface area contributed by atoms with Crippen LogP contribution < -0.4 is 10.3 Å². The fourth-order valence-electron chi connectivity index (χ4n) is 4.58. The van der Waals surface area contributed by atoms with Gasteiger partial charge < -0.3 is 19.1 Å². The molecule has 0 saturated carbocycles. The van der Waals surface area contributed by atoms with Crippen LogP contribution in [0.4, 0.5) is 0 Å². The molecule has 7 nitrogen and oxygen atoms in total. The molecule has 2 bridgehead atoms. The quantitative estimate of drug-likeness (QED) is 0.724. The van der Waals surface area contributed by atoms with Crippen molar-refractivity contribution in [3.8, 4) is 5.75 Å². The first-order valence-corrected chi connectivity index (χ1v) is 11.5. The summed E-state index contributed by atoms with van der Waals surface area (Å²) in [5.41, 5.74) is 0.996. The predicted molar refractivity (Wildman–Crippen MR) is 122 cm³/mol. The Labute approximate surface area is 188 Å². The average molecular weight is 438 g/mol. The van der Waals surface area contributed by atoms with Crippen LogP contribution in [-0.2, 0) is 22.6 Å². The van der Waals surface area contributed by atoms with Gasteiger partial charge in [0, 0.05) is 31.4 Å². The Morgan fingerprint density at radius 3 is 2.78 bits per heavy atom. The lowest BCUT2D eigenvalue weighted by atomic mass is 9.95. The van der Waals surface area contributed by atoms with E-state index in [1.807, 2.05) is 17.0 Å². The maximum absolute atomic E-state index is 13.3. The lowest BCUT2D eigenvalue weighted by molar-refractivity contribution is -0.143. The highest BCUT2D eigenvalue weighted by molar-refractivity contribution is 5.85. The number of aromatic nitrogens is 1. The molecule has 0 radical (unpaired) electrons. The van der Waals surface area contributed by atoms with Crippen LogP contribution in [0, 0.1) is 0 Å². The molecule has 3 heterocycles. The number of aryl methyl sites for hydroxylation is 1. The van der Waals surface area contributed by atoms with Crippen molar-refractivity contribution in [2.24, 2.45) is 0 Å². The van der Waals surface area contributed by atoms with Gasteiger partial charge in [0.15, 0.2) is 0 Å². The van der Waals surface area contributed by atoms with Crippen molar-refractivity contribution in [3.05, 3.63) is 64.6 Å². The number of ether oxygens (including phenoxy) is 1. The highest BCUT2D eigenvalue weighted by Gasteiger charge is 2.29. The molecule has 0 aliphatic carbocycles. The summed E-state index contributed by atoms with van der Waals surface area (Å²) >= 11 is 0. The largest absolute Gasteiger partial charge is 0.494 e. The zero-order chi connectivity index (χ0) is 22.3. The summed E-state index contributed by atoms with van der Waals surface area (Å²) in [7, 11) is 0. The molecular weight excluding hydrogens is 406 g/mol.